The van der Waals surface area contributed by atoms with Crippen LogP contribution in [-0.2, 0) is 26.2 Å². The number of benzene rings is 3. The number of amides is 2. The van der Waals surface area contributed by atoms with Crippen LogP contribution in [-0.4, -0.2) is 56.3 Å². The van der Waals surface area contributed by atoms with Gasteiger partial charge in [-0.2, -0.15) is 0 Å². The van der Waals surface area contributed by atoms with Crippen LogP contribution in [0.15, 0.2) is 71.6 Å². The highest BCUT2D eigenvalue weighted by Gasteiger charge is 2.33. The van der Waals surface area contributed by atoms with E-state index in [1.165, 1.54) is 86.5 Å². The molecule has 218 valence electrons. The fraction of sp³-hybridized carbons (Fsp3) is 0.286. The van der Waals surface area contributed by atoms with Crippen LogP contribution in [0.2, 0.25) is 0 Å². The molecule has 3 aromatic rings. The number of anilines is 1. The molecule has 41 heavy (non-hydrogen) atoms. The lowest BCUT2D eigenvalue weighted by Gasteiger charge is -2.32. The van der Waals surface area contributed by atoms with Gasteiger partial charge in [-0.15, -0.1) is 0 Å². The highest BCUT2D eigenvalue weighted by molar-refractivity contribution is 7.92. The molecule has 2 amide bonds. The molecule has 0 aliphatic carbocycles. The second-order valence-corrected chi connectivity index (χ2v) is 11.0. The number of nitrogens with one attached hydrogen (secondary N) is 1. The van der Waals surface area contributed by atoms with Gasteiger partial charge in [-0.1, -0.05) is 18.2 Å². The van der Waals surface area contributed by atoms with E-state index in [1.54, 1.807) is 6.92 Å². The predicted molar refractivity (Wildman–Crippen MR) is 150 cm³/mol. The van der Waals surface area contributed by atoms with Crippen molar-refractivity contribution in [2.45, 2.75) is 38.3 Å². The maximum atomic E-state index is 13.9. The van der Waals surface area contributed by atoms with Crippen molar-refractivity contribution in [3.63, 3.8) is 0 Å². The summed E-state index contributed by atoms with van der Waals surface area (Å²) in [7, 11) is -3.08. The van der Waals surface area contributed by atoms with Gasteiger partial charge < -0.3 is 15.0 Å². The summed E-state index contributed by atoms with van der Waals surface area (Å²) in [5, 5.41) is 14.2. The molecular weight excluding hydrogens is 555 g/mol. The molecule has 0 spiro atoms. The third kappa shape index (κ3) is 7.37. The lowest BCUT2D eigenvalue weighted by Crippen LogP contribution is -2.51. The molecule has 0 saturated carbocycles. The molecule has 0 fully saturated rings. The zero-order chi connectivity index (χ0) is 30.3. The Morgan fingerprint density at radius 1 is 1.07 bits per heavy atom. The number of hydrogen-bond acceptors (Lipinski definition) is 7. The Labute approximate surface area is 237 Å². The molecule has 0 bridgehead atoms. The summed E-state index contributed by atoms with van der Waals surface area (Å²) in [4.78, 5) is 38.2. The monoisotopic (exact) mass is 586 g/mol. The van der Waals surface area contributed by atoms with Gasteiger partial charge >= 0.3 is 0 Å². The number of rotatable bonds is 12. The van der Waals surface area contributed by atoms with Crippen molar-refractivity contribution in [3.05, 3.63) is 93.8 Å². The molecule has 0 aromatic heterocycles. The SMILES string of the molecule is CCNC(=O)C(C)N(Cc1ccc(F)cc1)C(=O)CN(c1ccc(OC)cc1)S(=O)(=O)c1ccc(C)c([N+](=O)[O-])c1. The van der Waals surface area contributed by atoms with E-state index < -0.39 is 50.9 Å². The first-order chi connectivity index (χ1) is 19.4. The Balaban J connectivity index is 2.08. The van der Waals surface area contributed by atoms with Gasteiger partial charge in [0.25, 0.3) is 15.7 Å². The molecule has 0 radical (unpaired) electrons. The molecule has 0 heterocycles. The van der Waals surface area contributed by atoms with E-state index in [2.05, 4.69) is 5.32 Å². The van der Waals surface area contributed by atoms with Crippen molar-refractivity contribution >= 4 is 33.2 Å². The predicted octanol–water partition coefficient (Wildman–Crippen LogP) is 3.80. The van der Waals surface area contributed by atoms with E-state index in [9.17, 15) is 32.5 Å². The van der Waals surface area contributed by atoms with Gasteiger partial charge in [0, 0.05) is 24.7 Å². The van der Waals surface area contributed by atoms with Crippen LogP contribution in [0.4, 0.5) is 15.8 Å². The molecule has 1 unspecified atom stereocenters. The average Bonchev–Trinajstić information content (AvgIpc) is 2.95. The number of nitrogens with zero attached hydrogens (tertiary/aromatic N) is 3. The summed E-state index contributed by atoms with van der Waals surface area (Å²) >= 11 is 0. The molecule has 1 N–H and O–H groups in total. The van der Waals surface area contributed by atoms with Gasteiger partial charge in [-0.25, -0.2) is 12.8 Å². The zero-order valence-electron chi connectivity index (χ0n) is 23.0. The molecule has 0 saturated heterocycles. The van der Waals surface area contributed by atoms with Gasteiger partial charge in [-0.3, -0.25) is 24.0 Å². The second kappa shape index (κ2) is 13.2. The molecular formula is C28H31FN4O7S. The summed E-state index contributed by atoms with van der Waals surface area (Å²) in [5.74, 6) is -1.23. The van der Waals surface area contributed by atoms with Crippen LogP contribution < -0.4 is 14.4 Å². The smallest absolute Gasteiger partial charge is 0.273 e. The molecule has 0 aliphatic rings. The Kier molecular flexibility index (Phi) is 10.0. The van der Waals surface area contributed by atoms with E-state index in [0.29, 0.717) is 17.9 Å². The summed E-state index contributed by atoms with van der Waals surface area (Å²) in [6.45, 7) is 4.17. The maximum Gasteiger partial charge on any atom is 0.273 e. The number of halogens is 1. The van der Waals surface area contributed by atoms with Crippen molar-refractivity contribution in [2.24, 2.45) is 0 Å². The fourth-order valence-electron chi connectivity index (χ4n) is 4.04. The number of nitro groups is 1. The number of carbonyl (C=O) groups is 2. The van der Waals surface area contributed by atoms with Crippen LogP contribution >= 0.6 is 0 Å². The normalized spacial score (nSPS) is 11.8. The summed E-state index contributed by atoms with van der Waals surface area (Å²) in [6, 6.07) is 13.7. The van der Waals surface area contributed by atoms with Crippen molar-refractivity contribution in [1.82, 2.24) is 10.2 Å². The Bertz CT molecular complexity index is 1510. The Morgan fingerprint density at radius 3 is 2.27 bits per heavy atom. The standard InChI is InChI=1S/C28H31FN4O7S/c1-5-30-28(35)20(3)31(17-21-7-9-22(29)10-8-21)27(34)18-32(23-11-13-24(40-4)14-12-23)41(38,39)25-15-6-19(2)26(16-25)33(36)37/h6-16,20H,5,17-18H2,1-4H3,(H,30,35). The van der Waals surface area contributed by atoms with E-state index in [0.717, 1.165) is 10.4 Å². The van der Waals surface area contributed by atoms with E-state index in [-0.39, 0.29) is 22.7 Å². The number of carbonyl (C=O) groups excluding carboxylic acids is 2. The van der Waals surface area contributed by atoms with Crippen molar-refractivity contribution in [1.29, 1.82) is 0 Å². The molecule has 13 heteroatoms. The minimum atomic E-state index is -4.52. The number of hydrogen-bond donors (Lipinski definition) is 1. The number of methoxy groups -OCH3 is 1. The number of likely N-dealkylation sites (N-methyl/N-ethyl adjacent to an activating group) is 1. The first kappa shape index (κ1) is 31.0. The highest BCUT2D eigenvalue weighted by atomic mass is 32.2. The Morgan fingerprint density at radius 2 is 1.71 bits per heavy atom. The highest BCUT2D eigenvalue weighted by Crippen LogP contribution is 2.29. The van der Waals surface area contributed by atoms with Crippen LogP contribution in [0, 0.1) is 22.9 Å². The minimum Gasteiger partial charge on any atom is -0.497 e. The summed E-state index contributed by atoms with van der Waals surface area (Å²) in [6.07, 6.45) is 0. The molecule has 11 nitrogen and oxygen atoms in total. The lowest BCUT2D eigenvalue weighted by atomic mass is 10.1. The van der Waals surface area contributed by atoms with Crippen LogP contribution in [0.25, 0.3) is 0 Å². The van der Waals surface area contributed by atoms with Crippen molar-refractivity contribution in [3.8, 4) is 5.75 Å². The first-order valence-corrected chi connectivity index (χ1v) is 14.1. The van der Waals surface area contributed by atoms with Gasteiger partial charge in [0.15, 0.2) is 0 Å². The van der Waals surface area contributed by atoms with Crippen molar-refractivity contribution in [2.75, 3.05) is 24.5 Å². The third-order valence-corrected chi connectivity index (χ3v) is 8.16. The first-order valence-electron chi connectivity index (χ1n) is 12.6. The van der Waals surface area contributed by atoms with Gasteiger partial charge in [0.2, 0.25) is 11.8 Å². The largest absolute Gasteiger partial charge is 0.497 e. The maximum absolute atomic E-state index is 13.9. The van der Waals surface area contributed by atoms with Gasteiger partial charge in [-0.05, 0) is 68.8 Å². The molecule has 3 aromatic carbocycles. The topological polar surface area (TPSA) is 139 Å². The van der Waals surface area contributed by atoms with E-state index in [4.69, 9.17) is 4.74 Å². The van der Waals surface area contributed by atoms with Crippen LogP contribution in [0.3, 0.4) is 0 Å². The van der Waals surface area contributed by atoms with Crippen LogP contribution in [0.1, 0.15) is 25.0 Å². The zero-order valence-corrected chi connectivity index (χ0v) is 23.9. The Hall–Kier alpha value is -4.52. The minimum absolute atomic E-state index is 0.0924. The quantitative estimate of drug-likeness (QED) is 0.252. The van der Waals surface area contributed by atoms with Gasteiger partial charge in [0.1, 0.15) is 24.2 Å². The van der Waals surface area contributed by atoms with E-state index in [1.807, 2.05) is 0 Å². The van der Waals surface area contributed by atoms with Crippen LogP contribution in [0.5, 0.6) is 5.75 Å². The molecule has 0 aliphatic heterocycles. The summed E-state index contributed by atoms with van der Waals surface area (Å²) in [5.41, 5.74) is 0.482. The lowest BCUT2D eigenvalue weighted by molar-refractivity contribution is -0.385. The summed E-state index contributed by atoms with van der Waals surface area (Å²) < 4.78 is 47.3. The second-order valence-electron chi connectivity index (χ2n) is 9.13. The van der Waals surface area contributed by atoms with Crippen molar-refractivity contribution < 1.29 is 32.1 Å². The molecule has 1 atom stereocenters. The van der Waals surface area contributed by atoms with E-state index >= 15 is 0 Å². The fourth-order valence-corrected chi connectivity index (χ4v) is 5.48. The number of aryl methyl sites for hydroxylation is 1. The number of ether oxygens (including phenoxy) is 1. The van der Waals surface area contributed by atoms with Gasteiger partial charge in [0.05, 0.1) is 22.6 Å². The average molecular weight is 587 g/mol. The third-order valence-electron chi connectivity index (χ3n) is 6.39. The number of sulfonamides is 1. The molecule has 3 rings (SSSR count). The number of nitro benzene ring substituents is 1.